The molecule has 0 saturated heterocycles. The maximum atomic E-state index is 12.2. The van der Waals surface area contributed by atoms with E-state index in [-0.39, 0.29) is 17.7 Å². The van der Waals surface area contributed by atoms with E-state index in [1.54, 1.807) is 0 Å². The van der Waals surface area contributed by atoms with Crippen LogP contribution in [0.25, 0.3) is 0 Å². The summed E-state index contributed by atoms with van der Waals surface area (Å²) < 4.78 is 5.35. The topological polar surface area (TPSA) is 43.4 Å². The lowest BCUT2D eigenvalue weighted by atomic mass is 9.67. The van der Waals surface area contributed by atoms with Crippen LogP contribution in [0.2, 0.25) is 0 Å². The van der Waals surface area contributed by atoms with E-state index in [1.165, 1.54) is 6.42 Å². The first-order chi connectivity index (χ1) is 7.87. The number of ether oxygens (including phenoxy) is 1. The fourth-order valence-corrected chi connectivity index (χ4v) is 3.08. The number of esters is 1. The monoisotopic (exact) mass is 238 g/mol. The molecule has 0 N–H and O–H groups in total. The number of ketones is 1. The zero-order valence-corrected chi connectivity index (χ0v) is 11.0. The summed E-state index contributed by atoms with van der Waals surface area (Å²) in [6, 6.07) is 0. The Bertz CT molecular complexity index is 327. The maximum absolute atomic E-state index is 12.2. The molecule has 0 aromatic carbocycles. The molecule has 17 heavy (non-hydrogen) atoms. The van der Waals surface area contributed by atoms with Crippen molar-refractivity contribution < 1.29 is 14.3 Å². The van der Waals surface area contributed by atoms with Gasteiger partial charge in [-0.15, -0.1) is 0 Å². The Labute approximate surface area is 103 Å². The zero-order chi connectivity index (χ0) is 12.6. The van der Waals surface area contributed by atoms with Gasteiger partial charge in [0.25, 0.3) is 0 Å². The number of hydrogen-bond acceptors (Lipinski definition) is 3. The number of hydrogen-bond donors (Lipinski definition) is 0. The van der Waals surface area contributed by atoms with E-state index in [1.807, 2.05) is 20.8 Å². The molecule has 3 nitrogen and oxygen atoms in total. The maximum Gasteiger partial charge on any atom is 0.317 e. The minimum atomic E-state index is -0.496. The van der Waals surface area contributed by atoms with Crippen molar-refractivity contribution in [2.24, 2.45) is 17.8 Å². The Morgan fingerprint density at radius 2 is 1.94 bits per heavy atom. The highest BCUT2D eigenvalue weighted by Gasteiger charge is 2.43. The van der Waals surface area contributed by atoms with Crippen LogP contribution in [0, 0.1) is 17.8 Å². The van der Waals surface area contributed by atoms with Gasteiger partial charge in [-0.05, 0) is 46.0 Å². The molecule has 0 aromatic rings. The Balaban J connectivity index is 2.05. The first-order valence-corrected chi connectivity index (χ1v) is 6.63. The molecule has 3 atom stereocenters. The average Bonchev–Trinajstić information content (AvgIpc) is 2.21. The van der Waals surface area contributed by atoms with Crippen LogP contribution in [-0.2, 0) is 14.3 Å². The Morgan fingerprint density at radius 3 is 2.59 bits per heavy atom. The molecule has 2 saturated carbocycles. The van der Waals surface area contributed by atoms with E-state index in [2.05, 4.69) is 0 Å². The minimum absolute atomic E-state index is 0.125. The molecule has 0 aromatic heterocycles. The molecule has 2 aliphatic rings. The second-order valence-electron chi connectivity index (χ2n) is 6.45. The van der Waals surface area contributed by atoms with E-state index >= 15 is 0 Å². The second kappa shape index (κ2) is 4.43. The molecule has 0 spiro atoms. The van der Waals surface area contributed by atoms with Gasteiger partial charge in [-0.2, -0.15) is 0 Å². The van der Waals surface area contributed by atoms with Crippen molar-refractivity contribution in [3.8, 4) is 0 Å². The highest BCUT2D eigenvalue weighted by molar-refractivity contribution is 6.00. The smallest absolute Gasteiger partial charge is 0.317 e. The van der Waals surface area contributed by atoms with Crippen LogP contribution < -0.4 is 0 Å². The first kappa shape index (κ1) is 12.6. The zero-order valence-electron chi connectivity index (χ0n) is 11.0. The number of carbonyl (C=O) groups is 2. The predicted octanol–water partition coefficient (Wildman–Crippen LogP) is 2.72. The molecule has 2 bridgehead atoms. The summed E-state index contributed by atoms with van der Waals surface area (Å²) in [6.07, 6.45) is 4.99. The van der Waals surface area contributed by atoms with Crippen LogP contribution in [0.15, 0.2) is 0 Å². The van der Waals surface area contributed by atoms with E-state index in [0.29, 0.717) is 12.3 Å². The predicted molar refractivity (Wildman–Crippen MR) is 64.4 cm³/mol. The Morgan fingerprint density at radius 1 is 1.24 bits per heavy atom. The summed E-state index contributed by atoms with van der Waals surface area (Å²) in [5, 5.41) is 0. The summed E-state index contributed by atoms with van der Waals surface area (Å²) in [5.74, 6) is 0.0246. The normalized spacial score (nSPS) is 33.4. The lowest BCUT2D eigenvalue weighted by Gasteiger charge is -2.37. The van der Waals surface area contributed by atoms with Crippen molar-refractivity contribution in [3.05, 3.63) is 0 Å². The standard InChI is InChI=1S/C14H22O3/c1-14(2,3)17-13(16)11-8-9-5-4-6-10(7-9)12(11)15/h9-11H,4-8H2,1-3H3. The molecule has 2 aliphatic carbocycles. The number of carbonyl (C=O) groups excluding carboxylic acids is 2. The summed E-state index contributed by atoms with van der Waals surface area (Å²) in [7, 11) is 0. The molecule has 0 heterocycles. The van der Waals surface area contributed by atoms with Gasteiger partial charge < -0.3 is 4.74 Å². The summed E-state index contributed by atoms with van der Waals surface area (Å²) in [6.45, 7) is 5.54. The third kappa shape index (κ3) is 2.88. The van der Waals surface area contributed by atoms with Gasteiger partial charge >= 0.3 is 5.97 Å². The van der Waals surface area contributed by atoms with Crippen molar-refractivity contribution in [2.75, 3.05) is 0 Å². The van der Waals surface area contributed by atoms with E-state index in [9.17, 15) is 9.59 Å². The average molecular weight is 238 g/mol. The Hall–Kier alpha value is -0.860. The molecular formula is C14H22O3. The molecule has 2 rings (SSSR count). The third-order valence-corrected chi connectivity index (χ3v) is 3.79. The lowest BCUT2D eigenvalue weighted by molar-refractivity contribution is -0.165. The third-order valence-electron chi connectivity index (χ3n) is 3.79. The van der Waals surface area contributed by atoms with Crippen LogP contribution in [0.3, 0.4) is 0 Å². The molecule has 3 unspecified atom stereocenters. The molecule has 0 aliphatic heterocycles. The lowest BCUT2D eigenvalue weighted by Crippen LogP contribution is -2.42. The van der Waals surface area contributed by atoms with Crippen molar-refractivity contribution in [2.45, 2.75) is 58.5 Å². The quantitative estimate of drug-likeness (QED) is 0.521. The van der Waals surface area contributed by atoms with Crippen molar-refractivity contribution in [1.29, 1.82) is 0 Å². The van der Waals surface area contributed by atoms with Gasteiger partial charge in [0.2, 0.25) is 0 Å². The second-order valence-corrected chi connectivity index (χ2v) is 6.45. The SMILES string of the molecule is CC(C)(C)OC(=O)C1CC2CCCC(C2)C1=O. The van der Waals surface area contributed by atoms with Gasteiger partial charge in [-0.3, -0.25) is 9.59 Å². The fourth-order valence-electron chi connectivity index (χ4n) is 3.08. The van der Waals surface area contributed by atoms with Gasteiger partial charge in [-0.25, -0.2) is 0 Å². The summed E-state index contributed by atoms with van der Waals surface area (Å²) in [5.41, 5.74) is -0.496. The highest BCUT2D eigenvalue weighted by atomic mass is 16.6. The van der Waals surface area contributed by atoms with Gasteiger partial charge in [-0.1, -0.05) is 12.8 Å². The number of rotatable bonds is 1. The van der Waals surface area contributed by atoms with E-state index in [4.69, 9.17) is 4.74 Å². The molecule has 0 amide bonds. The van der Waals surface area contributed by atoms with E-state index < -0.39 is 11.5 Å². The van der Waals surface area contributed by atoms with Crippen molar-refractivity contribution in [1.82, 2.24) is 0 Å². The van der Waals surface area contributed by atoms with Crippen LogP contribution in [0.1, 0.15) is 52.9 Å². The van der Waals surface area contributed by atoms with Gasteiger partial charge in [0.15, 0.2) is 0 Å². The first-order valence-electron chi connectivity index (χ1n) is 6.63. The molecule has 96 valence electrons. The summed E-state index contributed by atoms with van der Waals surface area (Å²) >= 11 is 0. The largest absolute Gasteiger partial charge is 0.459 e. The van der Waals surface area contributed by atoms with Gasteiger partial charge in [0.1, 0.15) is 17.3 Å². The molecule has 0 radical (unpaired) electrons. The molecule has 3 heteroatoms. The number of Topliss-reactive ketones (excluding diaryl/α,β-unsaturated/α-hetero) is 1. The summed E-state index contributed by atoms with van der Waals surface area (Å²) in [4.78, 5) is 24.2. The van der Waals surface area contributed by atoms with Crippen molar-refractivity contribution in [3.63, 3.8) is 0 Å². The fraction of sp³-hybridized carbons (Fsp3) is 0.857. The highest BCUT2D eigenvalue weighted by Crippen LogP contribution is 2.41. The molecule has 2 fully saturated rings. The van der Waals surface area contributed by atoms with Gasteiger partial charge in [0.05, 0.1) is 0 Å². The Kier molecular flexibility index (Phi) is 3.28. The van der Waals surface area contributed by atoms with Crippen LogP contribution >= 0.6 is 0 Å². The van der Waals surface area contributed by atoms with Crippen LogP contribution in [0.4, 0.5) is 0 Å². The molecular weight excluding hydrogens is 216 g/mol. The van der Waals surface area contributed by atoms with Gasteiger partial charge in [0, 0.05) is 5.92 Å². The minimum Gasteiger partial charge on any atom is -0.459 e. The van der Waals surface area contributed by atoms with Crippen LogP contribution in [-0.4, -0.2) is 17.4 Å². The van der Waals surface area contributed by atoms with Crippen LogP contribution in [0.5, 0.6) is 0 Å². The van der Waals surface area contributed by atoms with E-state index in [0.717, 1.165) is 19.3 Å². The number of fused-ring (bicyclic) bond motifs is 2. The van der Waals surface area contributed by atoms with Crippen molar-refractivity contribution >= 4 is 11.8 Å².